The Morgan fingerprint density at radius 2 is 2.10 bits per heavy atom. The SMILES string of the molecule is O=C(O)C1CCCCN1C(=O)NCc1ccc(F)cc1F. The predicted octanol–water partition coefficient (Wildman–Crippen LogP) is 2.11. The van der Waals surface area contributed by atoms with Gasteiger partial charge in [-0.1, -0.05) is 6.07 Å². The Balaban J connectivity index is 1.98. The van der Waals surface area contributed by atoms with E-state index < -0.39 is 29.7 Å². The van der Waals surface area contributed by atoms with Crippen LogP contribution in [0.4, 0.5) is 13.6 Å². The van der Waals surface area contributed by atoms with Crippen molar-refractivity contribution < 1.29 is 23.5 Å². The Morgan fingerprint density at radius 1 is 1.33 bits per heavy atom. The van der Waals surface area contributed by atoms with Gasteiger partial charge < -0.3 is 15.3 Å². The maximum Gasteiger partial charge on any atom is 0.326 e. The van der Waals surface area contributed by atoms with Crippen molar-refractivity contribution in [3.05, 3.63) is 35.4 Å². The summed E-state index contributed by atoms with van der Waals surface area (Å²) in [5.74, 6) is -2.48. The number of rotatable bonds is 3. The molecule has 1 aliphatic rings. The number of likely N-dealkylation sites (tertiary alicyclic amines) is 1. The molecule has 1 atom stereocenters. The van der Waals surface area contributed by atoms with Gasteiger partial charge in [-0.25, -0.2) is 18.4 Å². The summed E-state index contributed by atoms with van der Waals surface area (Å²) in [5, 5.41) is 11.6. The van der Waals surface area contributed by atoms with Crippen LogP contribution in [0.15, 0.2) is 18.2 Å². The van der Waals surface area contributed by atoms with Crippen LogP contribution in [0.2, 0.25) is 0 Å². The zero-order chi connectivity index (χ0) is 15.4. The van der Waals surface area contributed by atoms with Gasteiger partial charge in [0.25, 0.3) is 0 Å². The molecule has 1 unspecified atom stereocenters. The summed E-state index contributed by atoms with van der Waals surface area (Å²) in [6, 6.07) is 1.69. The van der Waals surface area contributed by atoms with Gasteiger partial charge in [-0.05, 0) is 25.3 Å². The highest BCUT2D eigenvalue weighted by molar-refractivity contribution is 5.82. The van der Waals surface area contributed by atoms with Gasteiger partial charge in [-0.3, -0.25) is 0 Å². The van der Waals surface area contributed by atoms with E-state index in [0.717, 1.165) is 25.0 Å². The van der Waals surface area contributed by atoms with E-state index in [1.54, 1.807) is 0 Å². The summed E-state index contributed by atoms with van der Waals surface area (Å²) in [7, 11) is 0. The molecule has 114 valence electrons. The quantitative estimate of drug-likeness (QED) is 0.898. The smallest absolute Gasteiger partial charge is 0.326 e. The monoisotopic (exact) mass is 298 g/mol. The number of amides is 2. The molecule has 1 aliphatic heterocycles. The molecule has 0 saturated carbocycles. The number of nitrogens with one attached hydrogen (secondary N) is 1. The minimum Gasteiger partial charge on any atom is -0.480 e. The molecular weight excluding hydrogens is 282 g/mol. The number of carbonyl (C=O) groups is 2. The average Bonchev–Trinajstić information content (AvgIpc) is 2.46. The van der Waals surface area contributed by atoms with Crippen LogP contribution in [0.1, 0.15) is 24.8 Å². The molecule has 21 heavy (non-hydrogen) atoms. The van der Waals surface area contributed by atoms with Gasteiger partial charge in [0.15, 0.2) is 0 Å². The van der Waals surface area contributed by atoms with Crippen molar-refractivity contribution in [2.75, 3.05) is 6.54 Å². The minimum absolute atomic E-state index is 0.117. The van der Waals surface area contributed by atoms with Crippen molar-refractivity contribution in [1.29, 1.82) is 0 Å². The van der Waals surface area contributed by atoms with Crippen LogP contribution in [0.25, 0.3) is 0 Å². The number of urea groups is 1. The molecule has 1 aromatic carbocycles. The molecule has 1 fully saturated rings. The molecule has 2 N–H and O–H groups in total. The molecule has 5 nitrogen and oxygen atoms in total. The van der Waals surface area contributed by atoms with Gasteiger partial charge in [0.05, 0.1) is 0 Å². The van der Waals surface area contributed by atoms with Gasteiger partial charge in [-0.2, -0.15) is 0 Å². The molecule has 0 aromatic heterocycles. The maximum absolute atomic E-state index is 13.4. The Bertz CT molecular complexity index is 551. The van der Waals surface area contributed by atoms with E-state index in [4.69, 9.17) is 5.11 Å². The van der Waals surface area contributed by atoms with Crippen LogP contribution in [-0.2, 0) is 11.3 Å². The predicted molar refractivity (Wildman–Crippen MR) is 70.6 cm³/mol. The molecule has 0 radical (unpaired) electrons. The molecule has 0 bridgehead atoms. The van der Waals surface area contributed by atoms with Crippen molar-refractivity contribution in [3.63, 3.8) is 0 Å². The Morgan fingerprint density at radius 3 is 2.76 bits per heavy atom. The van der Waals surface area contributed by atoms with Crippen molar-refractivity contribution in [2.45, 2.75) is 31.8 Å². The van der Waals surface area contributed by atoms with Crippen molar-refractivity contribution in [3.8, 4) is 0 Å². The molecule has 0 spiro atoms. The first-order valence-corrected chi connectivity index (χ1v) is 6.70. The fourth-order valence-electron chi connectivity index (χ4n) is 2.37. The van der Waals surface area contributed by atoms with Crippen LogP contribution >= 0.6 is 0 Å². The largest absolute Gasteiger partial charge is 0.480 e. The number of carbonyl (C=O) groups excluding carboxylic acids is 1. The van der Waals surface area contributed by atoms with Crippen LogP contribution in [0.5, 0.6) is 0 Å². The number of nitrogens with zero attached hydrogens (tertiary/aromatic N) is 1. The lowest BCUT2D eigenvalue weighted by molar-refractivity contribution is -0.143. The van der Waals surface area contributed by atoms with E-state index in [1.807, 2.05) is 0 Å². The lowest BCUT2D eigenvalue weighted by atomic mass is 10.0. The van der Waals surface area contributed by atoms with Crippen LogP contribution < -0.4 is 5.32 Å². The second kappa shape index (κ2) is 6.51. The highest BCUT2D eigenvalue weighted by Crippen LogP contribution is 2.17. The van der Waals surface area contributed by atoms with Gasteiger partial charge in [0.2, 0.25) is 0 Å². The third kappa shape index (κ3) is 3.68. The second-order valence-corrected chi connectivity index (χ2v) is 4.94. The summed E-state index contributed by atoms with van der Waals surface area (Å²) in [6.07, 6.45) is 1.91. The fraction of sp³-hybridized carbons (Fsp3) is 0.429. The Labute approximate surface area is 120 Å². The lowest BCUT2D eigenvalue weighted by Crippen LogP contribution is -2.51. The molecule has 2 rings (SSSR count). The molecular formula is C14H16F2N2O3. The molecule has 1 aromatic rings. The minimum atomic E-state index is -1.04. The number of hydrogen-bond acceptors (Lipinski definition) is 2. The Hall–Kier alpha value is -2.18. The number of carboxylic acid groups (broad SMARTS) is 1. The summed E-state index contributed by atoms with van der Waals surface area (Å²) in [6.45, 7) is 0.239. The van der Waals surface area contributed by atoms with Crippen LogP contribution in [0, 0.1) is 11.6 Å². The molecule has 1 saturated heterocycles. The first-order valence-electron chi connectivity index (χ1n) is 6.70. The summed E-state index contributed by atoms with van der Waals surface area (Å²) in [5.41, 5.74) is 0.147. The average molecular weight is 298 g/mol. The highest BCUT2D eigenvalue weighted by Gasteiger charge is 2.31. The zero-order valence-corrected chi connectivity index (χ0v) is 11.3. The topological polar surface area (TPSA) is 69.6 Å². The van der Waals surface area contributed by atoms with E-state index in [2.05, 4.69) is 5.32 Å². The first kappa shape index (κ1) is 15.2. The number of benzene rings is 1. The van der Waals surface area contributed by atoms with Crippen LogP contribution in [0.3, 0.4) is 0 Å². The Kier molecular flexibility index (Phi) is 4.72. The van der Waals surface area contributed by atoms with Crippen molar-refractivity contribution in [1.82, 2.24) is 10.2 Å². The third-order valence-electron chi connectivity index (χ3n) is 3.49. The first-order chi connectivity index (χ1) is 9.99. The zero-order valence-electron chi connectivity index (χ0n) is 11.3. The van der Waals surface area contributed by atoms with E-state index in [0.29, 0.717) is 13.0 Å². The normalized spacial score (nSPS) is 18.4. The van der Waals surface area contributed by atoms with E-state index in [1.165, 1.54) is 11.0 Å². The number of halogens is 2. The van der Waals surface area contributed by atoms with E-state index >= 15 is 0 Å². The van der Waals surface area contributed by atoms with Crippen molar-refractivity contribution >= 4 is 12.0 Å². The van der Waals surface area contributed by atoms with E-state index in [9.17, 15) is 18.4 Å². The molecule has 0 aliphatic carbocycles. The fourth-order valence-corrected chi connectivity index (χ4v) is 2.37. The molecule has 1 heterocycles. The number of piperidine rings is 1. The number of hydrogen-bond donors (Lipinski definition) is 2. The summed E-state index contributed by atoms with van der Waals surface area (Å²) in [4.78, 5) is 24.4. The summed E-state index contributed by atoms with van der Waals surface area (Å²) < 4.78 is 26.2. The molecule has 2 amide bonds. The highest BCUT2D eigenvalue weighted by atomic mass is 19.1. The van der Waals surface area contributed by atoms with E-state index in [-0.39, 0.29) is 12.1 Å². The van der Waals surface area contributed by atoms with Gasteiger partial charge in [-0.15, -0.1) is 0 Å². The maximum atomic E-state index is 13.4. The summed E-state index contributed by atoms with van der Waals surface area (Å²) >= 11 is 0. The van der Waals surface area contributed by atoms with Crippen LogP contribution in [-0.4, -0.2) is 34.6 Å². The number of carboxylic acids is 1. The number of aliphatic carboxylic acids is 1. The van der Waals surface area contributed by atoms with Gasteiger partial charge >= 0.3 is 12.0 Å². The van der Waals surface area contributed by atoms with Crippen molar-refractivity contribution in [2.24, 2.45) is 0 Å². The molecule has 7 heteroatoms. The second-order valence-electron chi connectivity index (χ2n) is 4.94. The van der Waals surface area contributed by atoms with Gasteiger partial charge in [0, 0.05) is 24.7 Å². The van der Waals surface area contributed by atoms with Gasteiger partial charge in [0.1, 0.15) is 17.7 Å². The standard InChI is InChI=1S/C14H16F2N2O3/c15-10-5-4-9(11(16)7-10)8-17-14(21)18-6-2-1-3-12(18)13(19)20/h4-5,7,12H,1-3,6,8H2,(H,17,21)(H,19,20). The lowest BCUT2D eigenvalue weighted by Gasteiger charge is -2.32. The third-order valence-corrected chi connectivity index (χ3v) is 3.49.